The summed E-state index contributed by atoms with van der Waals surface area (Å²) < 4.78 is 15.2. The Kier molecular flexibility index (Phi) is 5.61. The van der Waals surface area contributed by atoms with Crippen LogP contribution in [0.15, 0.2) is 54.6 Å². The van der Waals surface area contributed by atoms with Crippen molar-refractivity contribution in [1.82, 2.24) is 5.32 Å². The number of rotatable bonds is 2. The number of carbonyl (C=O) groups is 2. The molecule has 1 aliphatic rings. The second-order valence-corrected chi connectivity index (χ2v) is 7.73. The average molecular weight is 435 g/mol. The maximum absolute atomic E-state index is 15.2. The van der Waals surface area contributed by atoms with E-state index in [1.165, 1.54) is 20.0 Å². The van der Waals surface area contributed by atoms with Crippen molar-refractivity contribution in [1.29, 1.82) is 0 Å². The second-order valence-electron chi connectivity index (χ2n) is 7.30. The van der Waals surface area contributed by atoms with Crippen molar-refractivity contribution in [2.24, 2.45) is 0 Å². The van der Waals surface area contributed by atoms with E-state index in [1.54, 1.807) is 47.4 Å². The number of benzene rings is 3. The van der Waals surface area contributed by atoms with Gasteiger partial charge in [-0.25, -0.2) is 4.39 Å². The van der Waals surface area contributed by atoms with E-state index in [1.807, 2.05) is 18.2 Å². The van der Waals surface area contributed by atoms with Crippen LogP contribution in [-0.2, 0) is 11.3 Å². The Morgan fingerprint density at radius 3 is 2.48 bits per heavy atom. The van der Waals surface area contributed by atoms with Gasteiger partial charge < -0.3 is 10.2 Å². The molecular formula is C25H20ClFN2O2. The van der Waals surface area contributed by atoms with Crippen LogP contribution in [0.1, 0.15) is 34.0 Å². The number of amides is 2. The van der Waals surface area contributed by atoms with Gasteiger partial charge in [0.15, 0.2) is 0 Å². The molecule has 0 unspecified atom stereocenters. The van der Waals surface area contributed by atoms with E-state index in [-0.39, 0.29) is 18.4 Å². The first-order valence-corrected chi connectivity index (χ1v) is 10.2. The molecule has 0 aromatic heterocycles. The van der Waals surface area contributed by atoms with Crippen molar-refractivity contribution in [2.45, 2.75) is 13.5 Å². The number of nitrogens with one attached hydrogen (secondary N) is 1. The zero-order valence-corrected chi connectivity index (χ0v) is 17.8. The van der Waals surface area contributed by atoms with Crippen molar-refractivity contribution >= 4 is 41.3 Å². The molecule has 0 saturated carbocycles. The lowest BCUT2D eigenvalue weighted by atomic mass is 9.93. The zero-order chi connectivity index (χ0) is 22.1. The van der Waals surface area contributed by atoms with Gasteiger partial charge in [-0.05, 0) is 52.6 Å². The molecule has 0 saturated heterocycles. The third-order valence-electron chi connectivity index (χ3n) is 5.35. The summed E-state index contributed by atoms with van der Waals surface area (Å²) in [5.74, 6) is -0.886. The summed E-state index contributed by atoms with van der Waals surface area (Å²) in [4.78, 5) is 26.4. The van der Waals surface area contributed by atoms with Gasteiger partial charge in [-0.2, -0.15) is 0 Å². The van der Waals surface area contributed by atoms with Crippen LogP contribution in [0, 0.1) is 5.82 Å². The fourth-order valence-electron chi connectivity index (χ4n) is 3.79. The highest BCUT2D eigenvalue weighted by molar-refractivity contribution is 6.31. The third kappa shape index (κ3) is 3.97. The minimum atomic E-state index is -0.439. The molecule has 4 rings (SSSR count). The number of fused-ring (bicyclic) bond motifs is 2. The molecule has 156 valence electrons. The molecule has 3 aromatic carbocycles. The lowest BCUT2D eigenvalue weighted by Crippen LogP contribution is -2.29. The van der Waals surface area contributed by atoms with Gasteiger partial charge in [0, 0.05) is 30.1 Å². The maximum Gasteiger partial charge on any atom is 0.251 e. The predicted octanol–water partition coefficient (Wildman–Crippen LogP) is 5.54. The van der Waals surface area contributed by atoms with Crippen LogP contribution in [0.2, 0.25) is 5.02 Å². The Bertz CT molecular complexity index is 1240. The first-order chi connectivity index (χ1) is 14.9. The summed E-state index contributed by atoms with van der Waals surface area (Å²) in [6.45, 7) is 1.73. The third-order valence-corrected chi connectivity index (χ3v) is 5.59. The summed E-state index contributed by atoms with van der Waals surface area (Å²) in [6.07, 6.45) is 3.67. The molecule has 0 aliphatic carbocycles. The summed E-state index contributed by atoms with van der Waals surface area (Å²) in [5.41, 5.74) is 4.13. The van der Waals surface area contributed by atoms with Gasteiger partial charge >= 0.3 is 0 Å². The van der Waals surface area contributed by atoms with Crippen molar-refractivity contribution in [3.8, 4) is 11.1 Å². The fraction of sp³-hybridized carbons (Fsp3) is 0.120. The smallest absolute Gasteiger partial charge is 0.251 e. The number of hydrogen-bond acceptors (Lipinski definition) is 2. The van der Waals surface area contributed by atoms with Crippen molar-refractivity contribution in [3.05, 3.63) is 87.7 Å². The molecule has 4 nitrogen and oxygen atoms in total. The molecule has 1 heterocycles. The first kappa shape index (κ1) is 20.8. The van der Waals surface area contributed by atoms with Crippen molar-refractivity contribution < 1.29 is 14.0 Å². The molecule has 1 aliphatic heterocycles. The molecule has 1 N–H and O–H groups in total. The van der Waals surface area contributed by atoms with E-state index in [2.05, 4.69) is 5.32 Å². The molecule has 0 fully saturated rings. The van der Waals surface area contributed by atoms with Crippen molar-refractivity contribution in [3.63, 3.8) is 0 Å². The lowest BCUT2D eigenvalue weighted by Gasteiger charge is -2.26. The summed E-state index contributed by atoms with van der Waals surface area (Å²) in [7, 11) is 1.54. The highest BCUT2D eigenvalue weighted by atomic mass is 35.5. The minimum absolute atomic E-state index is 0.151. The SMILES string of the molecule is CNC(=O)c1ccccc1-c1cc2c(cc1F)C=Cc1ccc(Cl)cc1N(C(C)=O)C2. The number of halogens is 2. The highest BCUT2D eigenvalue weighted by Crippen LogP contribution is 2.35. The van der Waals surface area contributed by atoms with Gasteiger partial charge in [0.05, 0.1) is 12.2 Å². The molecule has 3 aromatic rings. The Hall–Kier alpha value is -3.44. The number of nitrogens with zero attached hydrogens (tertiary/aromatic N) is 1. The molecular weight excluding hydrogens is 415 g/mol. The van der Waals surface area contributed by atoms with E-state index < -0.39 is 5.82 Å². The van der Waals surface area contributed by atoms with E-state index in [0.29, 0.717) is 33.0 Å². The zero-order valence-electron chi connectivity index (χ0n) is 17.1. The fourth-order valence-corrected chi connectivity index (χ4v) is 3.96. The van der Waals surface area contributed by atoms with Crippen LogP contribution < -0.4 is 10.2 Å². The van der Waals surface area contributed by atoms with Crippen LogP contribution in [0.5, 0.6) is 0 Å². The van der Waals surface area contributed by atoms with Gasteiger partial charge in [-0.3, -0.25) is 9.59 Å². The minimum Gasteiger partial charge on any atom is -0.355 e. The number of carbonyl (C=O) groups excluding carboxylic acids is 2. The molecule has 0 bridgehead atoms. The summed E-state index contributed by atoms with van der Waals surface area (Å²) >= 11 is 6.18. The van der Waals surface area contributed by atoms with Gasteiger partial charge in [0.25, 0.3) is 5.91 Å². The van der Waals surface area contributed by atoms with Crippen LogP contribution in [0.3, 0.4) is 0 Å². The topological polar surface area (TPSA) is 49.4 Å². The molecule has 0 atom stereocenters. The second kappa shape index (κ2) is 8.36. The number of hydrogen-bond donors (Lipinski definition) is 1. The number of anilines is 1. The lowest BCUT2D eigenvalue weighted by molar-refractivity contribution is -0.116. The summed E-state index contributed by atoms with van der Waals surface area (Å²) in [6, 6.07) is 15.4. The van der Waals surface area contributed by atoms with Gasteiger partial charge in [-0.15, -0.1) is 0 Å². The Morgan fingerprint density at radius 2 is 1.74 bits per heavy atom. The normalized spacial score (nSPS) is 12.5. The van der Waals surface area contributed by atoms with E-state index in [0.717, 1.165) is 11.1 Å². The van der Waals surface area contributed by atoms with Gasteiger partial charge in [-0.1, -0.05) is 48.0 Å². The molecule has 2 amide bonds. The van der Waals surface area contributed by atoms with E-state index in [9.17, 15) is 9.59 Å². The largest absolute Gasteiger partial charge is 0.355 e. The first-order valence-electron chi connectivity index (χ1n) is 9.78. The maximum atomic E-state index is 15.2. The van der Waals surface area contributed by atoms with Gasteiger partial charge in [0.1, 0.15) is 5.82 Å². The molecule has 6 heteroatoms. The Balaban J connectivity index is 1.90. The standard InChI is InChI=1S/C25H20ClFN2O2/c1-15(30)29-14-18-11-22(20-5-3-4-6-21(20)25(31)28-2)23(27)12-17(18)8-7-16-9-10-19(26)13-24(16)29/h3-13H,14H2,1-2H3,(H,28,31). The molecule has 0 spiro atoms. The molecule has 31 heavy (non-hydrogen) atoms. The van der Waals surface area contributed by atoms with Crippen LogP contribution in [-0.4, -0.2) is 18.9 Å². The average Bonchev–Trinajstić information content (AvgIpc) is 2.75. The quantitative estimate of drug-likeness (QED) is 0.575. The van der Waals surface area contributed by atoms with E-state index in [4.69, 9.17) is 11.6 Å². The van der Waals surface area contributed by atoms with E-state index >= 15 is 4.39 Å². The monoisotopic (exact) mass is 434 g/mol. The van der Waals surface area contributed by atoms with Crippen molar-refractivity contribution in [2.75, 3.05) is 11.9 Å². The van der Waals surface area contributed by atoms with Crippen LogP contribution in [0.25, 0.3) is 23.3 Å². The highest BCUT2D eigenvalue weighted by Gasteiger charge is 2.22. The predicted molar refractivity (Wildman–Crippen MR) is 122 cm³/mol. The van der Waals surface area contributed by atoms with Gasteiger partial charge in [0.2, 0.25) is 5.91 Å². The summed E-state index contributed by atoms with van der Waals surface area (Å²) in [5, 5.41) is 3.12. The Morgan fingerprint density at radius 1 is 1.00 bits per heavy atom. The Labute approximate surface area is 185 Å². The van der Waals surface area contributed by atoms with Crippen LogP contribution in [0.4, 0.5) is 10.1 Å². The van der Waals surface area contributed by atoms with Crippen LogP contribution >= 0.6 is 11.6 Å². The molecule has 0 radical (unpaired) electrons.